The topological polar surface area (TPSA) is 75.3 Å². The first kappa shape index (κ1) is 22.6. The van der Waals surface area contributed by atoms with E-state index in [2.05, 4.69) is 10.0 Å². The summed E-state index contributed by atoms with van der Waals surface area (Å²) < 4.78 is 28.1. The van der Waals surface area contributed by atoms with E-state index >= 15 is 0 Å². The highest BCUT2D eigenvalue weighted by Crippen LogP contribution is 2.33. The number of benzene rings is 4. The summed E-state index contributed by atoms with van der Waals surface area (Å²) in [7, 11) is -3.76. The van der Waals surface area contributed by atoms with Crippen LogP contribution < -0.4 is 10.0 Å². The van der Waals surface area contributed by atoms with Gasteiger partial charge >= 0.3 is 0 Å². The minimum absolute atomic E-state index is 0.158. The molecule has 0 radical (unpaired) electrons. The molecule has 0 fully saturated rings. The SMILES string of the molecule is Cc1ccc(C(=O)Nc2ccccc2Sc2ccccc2)cc1NS(=O)(=O)c1ccccc1. The molecule has 5 nitrogen and oxygen atoms in total. The fourth-order valence-corrected chi connectivity index (χ4v) is 5.21. The Bertz CT molecular complexity index is 1370. The molecule has 4 aromatic carbocycles. The summed E-state index contributed by atoms with van der Waals surface area (Å²) >= 11 is 1.56. The molecule has 0 aromatic heterocycles. The summed E-state index contributed by atoms with van der Waals surface area (Å²) in [4.78, 5) is 15.2. The molecule has 0 unspecified atom stereocenters. The van der Waals surface area contributed by atoms with E-state index in [0.29, 0.717) is 22.5 Å². The Kier molecular flexibility index (Phi) is 6.82. The van der Waals surface area contributed by atoms with Crippen LogP contribution in [0.3, 0.4) is 0 Å². The summed E-state index contributed by atoms with van der Waals surface area (Å²) in [5, 5.41) is 2.95. The minimum Gasteiger partial charge on any atom is -0.321 e. The molecule has 1 amide bonds. The number of hydrogen-bond donors (Lipinski definition) is 2. The monoisotopic (exact) mass is 474 g/mol. The maximum absolute atomic E-state index is 13.0. The zero-order valence-corrected chi connectivity index (χ0v) is 19.5. The lowest BCUT2D eigenvalue weighted by Gasteiger charge is -2.14. The van der Waals surface area contributed by atoms with Crippen molar-refractivity contribution in [3.8, 4) is 0 Å². The van der Waals surface area contributed by atoms with E-state index in [1.54, 1.807) is 55.1 Å². The van der Waals surface area contributed by atoms with Gasteiger partial charge in [0, 0.05) is 15.4 Å². The maximum Gasteiger partial charge on any atom is 0.261 e. The van der Waals surface area contributed by atoms with Crippen molar-refractivity contribution in [2.24, 2.45) is 0 Å². The van der Waals surface area contributed by atoms with Gasteiger partial charge in [-0.15, -0.1) is 0 Å². The molecule has 0 spiro atoms. The third-order valence-electron chi connectivity index (χ3n) is 4.90. The Morgan fingerprint density at radius 1 is 0.758 bits per heavy atom. The lowest BCUT2D eigenvalue weighted by Crippen LogP contribution is -2.16. The normalized spacial score (nSPS) is 11.1. The van der Waals surface area contributed by atoms with Crippen molar-refractivity contribution in [2.45, 2.75) is 21.6 Å². The highest BCUT2D eigenvalue weighted by molar-refractivity contribution is 7.99. The molecule has 2 N–H and O–H groups in total. The molecule has 33 heavy (non-hydrogen) atoms. The van der Waals surface area contributed by atoms with Crippen LogP contribution in [-0.2, 0) is 10.0 Å². The van der Waals surface area contributed by atoms with E-state index < -0.39 is 10.0 Å². The first-order valence-corrected chi connectivity index (χ1v) is 12.5. The number of sulfonamides is 1. The number of carbonyl (C=O) groups is 1. The number of aryl methyl sites for hydroxylation is 1. The summed E-state index contributed by atoms with van der Waals surface area (Å²) in [6.07, 6.45) is 0. The Balaban J connectivity index is 1.56. The molecule has 0 saturated heterocycles. The van der Waals surface area contributed by atoms with Crippen molar-refractivity contribution < 1.29 is 13.2 Å². The molecule has 7 heteroatoms. The lowest BCUT2D eigenvalue weighted by molar-refractivity contribution is 0.102. The number of carbonyl (C=O) groups excluding carboxylic acids is 1. The molecule has 0 aliphatic heterocycles. The summed E-state index contributed by atoms with van der Waals surface area (Å²) in [5.41, 5.74) is 2.11. The van der Waals surface area contributed by atoms with Crippen molar-refractivity contribution in [3.05, 3.63) is 114 Å². The van der Waals surface area contributed by atoms with E-state index in [-0.39, 0.29) is 10.8 Å². The Morgan fingerprint density at radius 3 is 2.12 bits per heavy atom. The van der Waals surface area contributed by atoms with E-state index in [9.17, 15) is 13.2 Å². The molecular weight excluding hydrogens is 452 g/mol. The van der Waals surface area contributed by atoms with Gasteiger partial charge in [0.25, 0.3) is 15.9 Å². The third kappa shape index (κ3) is 5.63. The Hall–Kier alpha value is -3.55. The lowest BCUT2D eigenvalue weighted by atomic mass is 10.1. The van der Waals surface area contributed by atoms with Crippen molar-refractivity contribution in [1.82, 2.24) is 0 Å². The highest BCUT2D eigenvalue weighted by atomic mass is 32.2. The van der Waals surface area contributed by atoms with Crippen LogP contribution in [0.2, 0.25) is 0 Å². The van der Waals surface area contributed by atoms with E-state index in [4.69, 9.17) is 0 Å². The highest BCUT2D eigenvalue weighted by Gasteiger charge is 2.17. The molecule has 0 bridgehead atoms. The first-order valence-electron chi connectivity index (χ1n) is 10.2. The smallest absolute Gasteiger partial charge is 0.261 e. The predicted molar refractivity (Wildman–Crippen MR) is 133 cm³/mol. The largest absolute Gasteiger partial charge is 0.321 e. The number of anilines is 2. The zero-order valence-electron chi connectivity index (χ0n) is 17.9. The number of nitrogens with one attached hydrogen (secondary N) is 2. The second-order valence-electron chi connectivity index (χ2n) is 7.31. The van der Waals surface area contributed by atoms with Crippen LogP contribution in [0.15, 0.2) is 118 Å². The average Bonchev–Trinajstić information content (AvgIpc) is 2.83. The average molecular weight is 475 g/mol. The molecule has 0 atom stereocenters. The van der Waals surface area contributed by atoms with Gasteiger partial charge in [0.05, 0.1) is 16.3 Å². The molecule has 0 saturated carbocycles. The van der Waals surface area contributed by atoms with Crippen LogP contribution >= 0.6 is 11.8 Å². The van der Waals surface area contributed by atoms with Crippen LogP contribution in [-0.4, -0.2) is 14.3 Å². The Labute approximate surface area is 197 Å². The summed E-state index contributed by atoms with van der Waals surface area (Å²) in [5.74, 6) is -0.323. The van der Waals surface area contributed by atoms with E-state index in [1.165, 1.54) is 12.1 Å². The first-order chi connectivity index (χ1) is 15.9. The van der Waals surface area contributed by atoms with Crippen molar-refractivity contribution in [1.29, 1.82) is 0 Å². The van der Waals surface area contributed by atoms with Gasteiger partial charge in [-0.2, -0.15) is 0 Å². The number of hydrogen-bond acceptors (Lipinski definition) is 4. The van der Waals surface area contributed by atoms with Crippen LogP contribution in [0.25, 0.3) is 0 Å². The standard InChI is InChI=1S/C26H22N2O3S2/c1-19-16-17-20(18-24(19)28-33(30,31)22-12-6-3-7-13-22)26(29)27-23-14-8-9-15-25(23)32-21-10-4-2-5-11-21/h2-18,28H,1H3,(H,27,29). The van der Waals surface area contributed by atoms with E-state index in [1.807, 2.05) is 54.6 Å². The number of amides is 1. The van der Waals surface area contributed by atoms with Gasteiger partial charge in [0.15, 0.2) is 0 Å². The van der Waals surface area contributed by atoms with Gasteiger partial charge in [0.2, 0.25) is 0 Å². The maximum atomic E-state index is 13.0. The fraction of sp³-hybridized carbons (Fsp3) is 0.0385. The van der Waals surface area contributed by atoms with Crippen molar-refractivity contribution in [2.75, 3.05) is 10.0 Å². The molecule has 0 aliphatic carbocycles. The van der Waals surface area contributed by atoms with Gasteiger partial charge in [0.1, 0.15) is 0 Å². The fourth-order valence-electron chi connectivity index (χ4n) is 3.15. The van der Waals surface area contributed by atoms with Gasteiger partial charge < -0.3 is 5.32 Å². The summed E-state index contributed by atoms with van der Waals surface area (Å²) in [6, 6.07) is 30.6. The predicted octanol–water partition coefficient (Wildman–Crippen LogP) is 6.20. The quantitative estimate of drug-likeness (QED) is 0.334. The molecular formula is C26H22N2O3S2. The minimum atomic E-state index is -3.76. The molecule has 4 aromatic rings. The van der Waals surface area contributed by atoms with Gasteiger partial charge in [-0.05, 0) is 61.0 Å². The molecule has 166 valence electrons. The van der Waals surface area contributed by atoms with Crippen molar-refractivity contribution >= 4 is 39.1 Å². The third-order valence-corrected chi connectivity index (χ3v) is 7.37. The number of para-hydroxylation sites is 1. The Morgan fingerprint density at radius 2 is 1.39 bits per heavy atom. The zero-order chi connectivity index (χ0) is 23.3. The summed E-state index contributed by atoms with van der Waals surface area (Å²) in [6.45, 7) is 1.79. The second kappa shape index (κ2) is 9.94. The van der Waals surface area contributed by atoms with Gasteiger partial charge in [-0.3, -0.25) is 9.52 Å². The van der Waals surface area contributed by atoms with Crippen LogP contribution in [0, 0.1) is 6.92 Å². The van der Waals surface area contributed by atoms with Crippen LogP contribution in [0.4, 0.5) is 11.4 Å². The molecule has 4 rings (SSSR count). The van der Waals surface area contributed by atoms with Crippen LogP contribution in [0.5, 0.6) is 0 Å². The van der Waals surface area contributed by atoms with Crippen LogP contribution in [0.1, 0.15) is 15.9 Å². The second-order valence-corrected chi connectivity index (χ2v) is 10.1. The van der Waals surface area contributed by atoms with E-state index in [0.717, 1.165) is 9.79 Å². The van der Waals surface area contributed by atoms with Crippen molar-refractivity contribution in [3.63, 3.8) is 0 Å². The van der Waals surface area contributed by atoms with Gasteiger partial charge in [-0.25, -0.2) is 8.42 Å². The molecule has 0 aliphatic rings. The number of rotatable bonds is 7. The molecule has 0 heterocycles. The van der Waals surface area contributed by atoms with Gasteiger partial charge in [-0.1, -0.05) is 66.4 Å².